The van der Waals surface area contributed by atoms with Crippen LogP contribution in [0.4, 0.5) is 10.1 Å². The van der Waals surface area contributed by atoms with Gasteiger partial charge in [0.1, 0.15) is 5.82 Å². The minimum Gasteiger partial charge on any atom is -0.459 e. The molecule has 9 heteroatoms. The summed E-state index contributed by atoms with van der Waals surface area (Å²) in [6, 6.07) is 11.2. The Bertz CT molecular complexity index is 1050. The summed E-state index contributed by atoms with van der Waals surface area (Å²) < 4.78 is 23.7. The van der Waals surface area contributed by atoms with Crippen LogP contribution in [0.5, 0.6) is 0 Å². The summed E-state index contributed by atoms with van der Waals surface area (Å²) in [5.74, 6) is -3.09. The molecule has 0 radical (unpaired) electrons. The fraction of sp³-hybridized carbons (Fsp3) is 0.360. The molecule has 1 heterocycles. The second kappa shape index (κ2) is 11.2. The van der Waals surface area contributed by atoms with E-state index in [0.29, 0.717) is 11.3 Å². The van der Waals surface area contributed by atoms with Gasteiger partial charge in [-0.1, -0.05) is 0 Å². The largest absolute Gasteiger partial charge is 0.459 e. The van der Waals surface area contributed by atoms with E-state index in [1.807, 2.05) is 0 Å². The Morgan fingerprint density at radius 1 is 1.03 bits per heavy atom. The molecular formula is C25H25ClFNO6. The van der Waals surface area contributed by atoms with Crippen LogP contribution in [0.3, 0.4) is 0 Å². The van der Waals surface area contributed by atoms with E-state index in [-0.39, 0.29) is 42.8 Å². The molecule has 0 aliphatic carbocycles. The maximum Gasteiger partial charge on any atom is 0.338 e. The van der Waals surface area contributed by atoms with Gasteiger partial charge < -0.3 is 14.4 Å². The molecule has 7 nitrogen and oxygen atoms in total. The summed E-state index contributed by atoms with van der Waals surface area (Å²) in [5.41, 5.74) is 1.08. The number of hydrogen-bond donors (Lipinski definition) is 0. The maximum absolute atomic E-state index is 13.2. The van der Waals surface area contributed by atoms with Crippen molar-refractivity contribution in [2.45, 2.75) is 38.9 Å². The third-order valence-electron chi connectivity index (χ3n) is 5.27. The number of ether oxygens (including phenoxy) is 2. The number of carbonyl (C=O) groups excluding carboxylic acids is 4. The molecule has 2 unspecified atom stereocenters. The molecule has 3 rings (SSSR count). The lowest BCUT2D eigenvalue weighted by molar-refractivity contribution is -0.151. The predicted molar refractivity (Wildman–Crippen MR) is 123 cm³/mol. The van der Waals surface area contributed by atoms with Crippen molar-refractivity contribution in [2.24, 2.45) is 5.92 Å². The Labute approximate surface area is 201 Å². The highest BCUT2D eigenvalue weighted by Crippen LogP contribution is 2.27. The van der Waals surface area contributed by atoms with Gasteiger partial charge in [-0.2, -0.15) is 0 Å². The monoisotopic (exact) mass is 489 g/mol. The first-order valence-electron chi connectivity index (χ1n) is 10.9. The van der Waals surface area contributed by atoms with E-state index < -0.39 is 35.6 Å². The van der Waals surface area contributed by atoms with Crippen molar-refractivity contribution < 1.29 is 33.0 Å². The highest BCUT2D eigenvalue weighted by atomic mass is 35.5. The summed E-state index contributed by atoms with van der Waals surface area (Å²) >= 11 is 5.79. The van der Waals surface area contributed by atoms with Crippen molar-refractivity contribution in [2.75, 3.05) is 17.3 Å². The number of anilines is 1. The molecule has 0 N–H and O–H groups in total. The van der Waals surface area contributed by atoms with Crippen LogP contribution in [0.15, 0.2) is 48.5 Å². The smallest absolute Gasteiger partial charge is 0.338 e. The van der Waals surface area contributed by atoms with Crippen molar-refractivity contribution in [1.82, 2.24) is 0 Å². The van der Waals surface area contributed by atoms with Gasteiger partial charge in [-0.15, -0.1) is 11.6 Å². The first-order chi connectivity index (χ1) is 16.2. The molecule has 1 aliphatic rings. The minimum absolute atomic E-state index is 0.0751. The molecule has 1 aliphatic heterocycles. The highest BCUT2D eigenvalue weighted by molar-refractivity contribution is 6.18. The molecule has 2 aromatic rings. The number of alkyl halides is 1. The third-order valence-corrected chi connectivity index (χ3v) is 5.48. The average molecular weight is 490 g/mol. The number of carbonyl (C=O) groups is 4. The lowest BCUT2D eigenvalue weighted by Crippen LogP contribution is -2.32. The molecule has 0 aromatic heterocycles. The highest BCUT2D eigenvalue weighted by Gasteiger charge is 2.38. The molecular weight excluding hydrogens is 465 g/mol. The van der Waals surface area contributed by atoms with E-state index in [1.54, 1.807) is 38.1 Å². The number of ketones is 1. The minimum atomic E-state index is -1.13. The van der Waals surface area contributed by atoms with E-state index >= 15 is 0 Å². The van der Waals surface area contributed by atoms with Gasteiger partial charge in [0.25, 0.3) is 0 Å². The zero-order chi connectivity index (χ0) is 24.8. The van der Waals surface area contributed by atoms with Crippen molar-refractivity contribution in [3.63, 3.8) is 0 Å². The Morgan fingerprint density at radius 3 is 2.24 bits per heavy atom. The van der Waals surface area contributed by atoms with Crippen LogP contribution in [0.2, 0.25) is 0 Å². The standard InChI is InChI=1S/C25H25ClFNO6/c1-15(2)33-24(31)17-5-9-20(10-6-17)28-14-18(13-22(28)29)25(32)34-21(11-12-26)23(30)16-3-7-19(27)8-4-16/h3-10,15,18,21H,11-14H2,1-2H3. The number of amides is 1. The van der Waals surface area contributed by atoms with Gasteiger partial charge in [-0.25, -0.2) is 9.18 Å². The van der Waals surface area contributed by atoms with Gasteiger partial charge in [-0.3, -0.25) is 14.4 Å². The van der Waals surface area contributed by atoms with Crippen LogP contribution in [0.25, 0.3) is 0 Å². The van der Waals surface area contributed by atoms with Gasteiger partial charge in [0.15, 0.2) is 6.10 Å². The lowest BCUT2D eigenvalue weighted by atomic mass is 10.0. The van der Waals surface area contributed by atoms with Crippen molar-refractivity contribution in [1.29, 1.82) is 0 Å². The Kier molecular flexibility index (Phi) is 8.39. The summed E-state index contributed by atoms with van der Waals surface area (Å²) in [6.07, 6.45) is -1.38. The summed E-state index contributed by atoms with van der Waals surface area (Å²) in [5, 5.41) is 0. The zero-order valence-corrected chi connectivity index (χ0v) is 19.6. The van der Waals surface area contributed by atoms with Crippen LogP contribution >= 0.6 is 11.6 Å². The molecule has 0 saturated carbocycles. The molecule has 34 heavy (non-hydrogen) atoms. The van der Waals surface area contributed by atoms with Crippen molar-refractivity contribution in [3.8, 4) is 0 Å². The number of esters is 2. The van der Waals surface area contributed by atoms with Gasteiger partial charge in [0, 0.05) is 36.5 Å². The maximum atomic E-state index is 13.2. The fourth-order valence-electron chi connectivity index (χ4n) is 3.55. The topological polar surface area (TPSA) is 90.0 Å². The molecule has 0 spiro atoms. The van der Waals surface area contributed by atoms with Crippen LogP contribution in [-0.2, 0) is 19.1 Å². The number of hydrogen-bond acceptors (Lipinski definition) is 6. The van der Waals surface area contributed by atoms with Crippen molar-refractivity contribution >= 4 is 40.9 Å². The summed E-state index contributed by atoms with van der Waals surface area (Å²) in [7, 11) is 0. The van der Waals surface area contributed by atoms with Crippen molar-refractivity contribution in [3.05, 3.63) is 65.5 Å². The average Bonchev–Trinajstić information content (AvgIpc) is 3.20. The quantitative estimate of drug-likeness (QED) is 0.298. The molecule has 1 saturated heterocycles. The number of halogens is 2. The SMILES string of the molecule is CC(C)OC(=O)c1ccc(N2CC(C(=O)OC(CCCl)C(=O)c3ccc(F)cc3)CC2=O)cc1. The normalized spacial score (nSPS) is 16.4. The number of rotatable bonds is 9. The van der Waals surface area contributed by atoms with Gasteiger partial charge in [0.05, 0.1) is 17.6 Å². The first kappa shape index (κ1) is 25.4. The van der Waals surface area contributed by atoms with E-state index in [1.165, 1.54) is 17.0 Å². The number of Topliss-reactive ketones (excluding diaryl/α,β-unsaturated/α-hetero) is 1. The Balaban J connectivity index is 1.65. The number of nitrogens with zero attached hydrogens (tertiary/aromatic N) is 1. The number of benzene rings is 2. The molecule has 2 aromatic carbocycles. The van der Waals surface area contributed by atoms with E-state index in [0.717, 1.165) is 12.1 Å². The predicted octanol–water partition coefficient (Wildman–Crippen LogP) is 4.17. The van der Waals surface area contributed by atoms with Crippen LogP contribution in [-0.4, -0.2) is 48.3 Å². The molecule has 1 amide bonds. The van der Waals surface area contributed by atoms with E-state index in [9.17, 15) is 23.6 Å². The van der Waals surface area contributed by atoms with Gasteiger partial charge in [0.2, 0.25) is 11.7 Å². The molecule has 2 atom stereocenters. The summed E-state index contributed by atoms with van der Waals surface area (Å²) in [6.45, 7) is 3.57. The van der Waals surface area contributed by atoms with Crippen LogP contribution in [0.1, 0.15) is 47.4 Å². The van der Waals surface area contributed by atoms with Gasteiger partial charge in [-0.05, 0) is 62.4 Å². The third kappa shape index (κ3) is 6.20. The molecule has 180 valence electrons. The van der Waals surface area contributed by atoms with E-state index in [4.69, 9.17) is 21.1 Å². The second-order valence-corrected chi connectivity index (χ2v) is 8.56. The molecule has 0 bridgehead atoms. The lowest BCUT2D eigenvalue weighted by Gasteiger charge is -2.19. The second-order valence-electron chi connectivity index (χ2n) is 8.18. The first-order valence-corrected chi connectivity index (χ1v) is 11.4. The van der Waals surface area contributed by atoms with E-state index in [2.05, 4.69) is 0 Å². The zero-order valence-electron chi connectivity index (χ0n) is 18.8. The van der Waals surface area contributed by atoms with Crippen LogP contribution in [0, 0.1) is 11.7 Å². The molecule has 1 fully saturated rings. The van der Waals surface area contributed by atoms with Crippen LogP contribution < -0.4 is 4.90 Å². The summed E-state index contributed by atoms with van der Waals surface area (Å²) in [4.78, 5) is 51.5. The Morgan fingerprint density at radius 2 is 1.65 bits per heavy atom. The fourth-order valence-corrected chi connectivity index (χ4v) is 3.75. The Hall–Kier alpha value is -3.26. The van der Waals surface area contributed by atoms with Gasteiger partial charge >= 0.3 is 11.9 Å².